The molecule has 1 N–H and O–H groups in total. The molecule has 5 nitrogen and oxygen atoms in total. The Bertz CT molecular complexity index is 601. The van der Waals surface area contributed by atoms with Gasteiger partial charge < -0.3 is 9.52 Å². The van der Waals surface area contributed by atoms with E-state index < -0.39 is 5.97 Å². The number of carboxylic acids is 1. The fourth-order valence-corrected chi connectivity index (χ4v) is 2.45. The zero-order chi connectivity index (χ0) is 15.2. The van der Waals surface area contributed by atoms with Gasteiger partial charge in [-0.05, 0) is 25.0 Å². The van der Waals surface area contributed by atoms with Crippen molar-refractivity contribution in [3.8, 4) is 11.5 Å². The third kappa shape index (κ3) is 3.48. The highest BCUT2D eigenvalue weighted by Gasteiger charge is 2.20. The van der Waals surface area contributed by atoms with Gasteiger partial charge in [-0.3, -0.25) is 0 Å². The minimum Gasteiger partial charge on any atom is -0.478 e. The lowest BCUT2D eigenvalue weighted by molar-refractivity contribution is 0.0697. The summed E-state index contributed by atoms with van der Waals surface area (Å²) in [6.07, 6.45) is 4.09. The van der Waals surface area contributed by atoms with Crippen LogP contribution in [0.15, 0.2) is 28.7 Å². The minimum absolute atomic E-state index is 0.176. The van der Waals surface area contributed by atoms with Crippen molar-refractivity contribution in [2.75, 3.05) is 0 Å². The van der Waals surface area contributed by atoms with Gasteiger partial charge in [0.25, 0.3) is 0 Å². The van der Waals surface area contributed by atoms with Crippen molar-refractivity contribution < 1.29 is 14.3 Å². The molecule has 112 valence electrons. The fraction of sp³-hybridized carbons (Fsp3) is 0.438. The maximum absolute atomic E-state index is 11.3. The topological polar surface area (TPSA) is 76.2 Å². The summed E-state index contributed by atoms with van der Waals surface area (Å²) >= 11 is 0. The molecule has 0 radical (unpaired) electrons. The van der Waals surface area contributed by atoms with Crippen LogP contribution in [0.25, 0.3) is 11.5 Å². The predicted octanol–water partition coefficient (Wildman–Crippen LogP) is 4.12. The van der Waals surface area contributed by atoms with Crippen molar-refractivity contribution in [3.63, 3.8) is 0 Å². The molecule has 0 saturated heterocycles. The Balaban J connectivity index is 2.33. The lowest BCUT2D eigenvalue weighted by Gasteiger charge is -2.09. The van der Waals surface area contributed by atoms with Gasteiger partial charge in [0.05, 0.1) is 11.1 Å². The van der Waals surface area contributed by atoms with Crippen LogP contribution in [-0.4, -0.2) is 21.3 Å². The zero-order valence-corrected chi connectivity index (χ0v) is 12.4. The highest BCUT2D eigenvalue weighted by atomic mass is 16.4. The summed E-state index contributed by atoms with van der Waals surface area (Å²) in [6, 6.07) is 6.68. The molecule has 0 saturated carbocycles. The molecule has 0 amide bonds. The Hall–Kier alpha value is -2.17. The van der Waals surface area contributed by atoms with Gasteiger partial charge >= 0.3 is 5.97 Å². The van der Waals surface area contributed by atoms with Gasteiger partial charge in [0.2, 0.25) is 11.8 Å². The normalized spacial score (nSPS) is 11.0. The van der Waals surface area contributed by atoms with Crippen LogP contribution in [0, 0.1) is 0 Å². The lowest BCUT2D eigenvalue weighted by atomic mass is 9.98. The lowest BCUT2D eigenvalue weighted by Crippen LogP contribution is -1.99. The van der Waals surface area contributed by atoms with Crippen molar-refractivity contribution in [1.82, 2.24) is 10.2 Å². The fourth-order valence-electron chi connectivity index (χ4n) is 2.45. The van der Waals surface area contributed by atoms with E-state index in [0.29, 0.717) is 11.5 Å². The number of carboxylic acid groups (broad SMARTS) is 1. The maximum atomic E-state index is 11.3. The SMILES string of the molecule is CCCC(CCC)c1nnc(-c2ccccc2C(=O)O)o1. The smallest absolute Gasteiger partial charge is 0.336 e. The standard InChI is InChI=1S/C16H20N2O3/c1-3-7-11(8-4-2)14-17-18-15(21-14)12-9-5-6-10-13(12)16(19)20/h5-6,9-11H,3-4,7-8H2,1-2H3,(H,19,20). The van der Waals surface area contributed by atoms with Crippen LogP contribution >= 0.6 is 0 Å². The first-order valence-electron chi connectivity index (χ1n) is 7.33. The summed E-state index contributed by atoms with van der Waals surface area (Å²) in [4.78, 5) is 11.3. The number of hydrogen-bond donors (Lipinski definition) is 1. The van der Waals surface area contributed by atoms with Gasteiger partial charge in [-0.15, -0.1) is 10.2 Å². The van der Waals surface area contributed by atoms with E-state index in [9.17, 15) is 9.90 Å². The van der Waals surface area contributed by atoms with Crippen molar-refractivity contribution in [1.29, 1.82) is 0 Å². The molecular weight excluding hydrogens is 268 g/mol. The first kappa shape index (κ1) is 15.2. The van der Waals surface area contributed by atoms with E-state index in [0.717, 1.165) is 25.7 Å². The second kappa shape index (κ2) is 7.02. The molecule has 5 heteroatoms. The molecule has 0 aliphatic heterocycles. The number of aromatic carboxylic acids is 1. The first-order valence-corrected chi connectivity index (χ1v) is 7.33. The molecule has 0 aliphatic carbocycles. The van der Waals surface area contributed by atoms with Gasteiger partial charge in [0.15, 0.2) is 0 Å². The quantitative estimate of drug-likeness (QED) is 0.829. The summed E-state index contributed by atoms with van der Waals surface area (Å²) in [5.41, 5.74) is 0.644. The molecule has 0 atom stereocenters. The molecule has 0 bridgehead atoms. The van der Waals surface area contributed by atoms with Crippen LogP contribution in [0.5, 0.6) is 0 Å². The third-order valence-corrected chi connectivity index (χ3v) is 3.45. The van der Waals surface area contributed by atoms with Crippen molar-refractivity contribution >= 4 is 5.97 Å². The molecule has 1 aromatic carbocycles. The number of nitrogens with zero attached hydrogens (tertiary/aromatic N) is 2. The molecule has 1 heterocycles. The third-order valence-electron chi connectivity index (χ3n) is 3.45. The Morgan fingerprint density at radius 1 is 1.19 bits per heavy atom. The molecule has 2 aromatic rings. The molecule has 0 fully saturated rings. The van der Waals surface area contributed by atoms with E-state index in [1.807, 2.05) is 0 Å². The predicted molar refractivity (Wildman–Crippen MR) is 79.3 cm³/mol. The summed E-state index contributed by atoms with van der Waals surface area (Å²) < 4.78 is 5.74. The van der Waals surface area contributed by atoms with Crippen molar-refractivity contribution in [2.24, 2.45) is 0 Å². The van der Waals surface area contributed by atoms with Gasteiger partial charge in [-0.2, -0.15) is 0 Å². The maximum Gasteiger partial charge on any atom is 0.336 e. The van der Waals surface area contributed by atoms with Crippen LogP contribution in [0.2, 0.25) is 0 Å². The van der Waals surface area contributed by atoms with Crippen molar-refractivity contribution in [2.45, 2.75) is 45.4 Å². The average Bonchev–Trinajstić information content (AvgIpc) is 2.96. The second-order valence-electron chi connectivity index (χ2n) is 5.07. The Morgan fingerprint density at radius 3 is 2.48 bits per heavy atom. The Labute approximate surface area is 124 Å². The Morgan fingerprint density at radius 2 is 1.86 bits per heavy atom. The number of aromatic nitrogens is 2. The number of carbonyl (C=O) groups is 1. The Kier molecular flexibility index (Phi) is 5.09. The van der Waals surface area contributed by atoms with Gasteiger partial charge in [0, 0.05) is 5.92 Å². The first-order chi connectivity index (χ1) is 10.2. The molecule has 0 spiro atoms. The van der Waals surface area contributed by atoms with Gasteiger partial charge in [0.1, 0.15) is 0 Å². The summed E-state index contributed by atoms with van der Waals surface area (Å²) in [5, 5.41) is 17.4. The van der Waals surface area contributed by atoms with Crippen molar-refractivity contribution in [3.05, 3.63) is 35.7 Å². The summed E-state index contributed by atoms with van der Waals surface area (Å²) in [7, 11) is 0. The zero-order valence-electron chi connectivity index (χ0n) is 12.4. The number of rotatable bonds is 7. The van der Waals surface area contributed by atoms with E-state index in [-0.39, 0.29) is 17.4 Å². The van der Waals surface area contributed by atoms with Crippen LogP contribution in [0.4, 0.5) is 0 Å². The highest BCUT2D eigenvalue weighted by molar-refractivity contribution is 5.94. The number of benzene rings is 1. The van der Waals surface area contributed by atoms with Crippen LogP contribution < -0.4 is 0 Å². The largest absolute Gasteiger partial charge is 0.478 e. The monoisotopic (exact) mass is 288 g/mol. The molecule has 21 heavy (non-hydrogen) atoms. The van der Waals surface area contributed by atoms with E-state index in [1.165, 1.54) is 6.07 Å². The minimum atomic E-state index is -0.996. The molecule has 1 aromatic heterocycles. The van der Waals surface area contributed by atoms with E-state index in [2.05, 4.69) is 24.0 Å². The van der Waals surface area contributed by atoms with E-state index in [4.69, 9.17) is 4.42 Å². The van der Waals surface area contributed by atoms with Crippen LogP contribution in [0.1, 0.15) is 61.7 Å². The van der Waals surface area contributed by atoms with Gasteiger partial charge in [-0.25, -0.2) is 4.79 Å². The molecular formula is C16H20N2O3. The molecule has 2 rings (SSSR count). The van der Waals surface area contributed by atoms with Crippen LogP contribution in [0.3, 0.4) is 0 Å². The van der Waals surface area contributed by atoms with Gasteiger partial charge in [-0.1, -0.05) is 38.8 Å². The molecule has 0 unspecified atom stereocenters. The van der Waals surface area contributed by atoms with E-state index >= 15 is 0 Å². The average molecular weight is 288 g/mol. The molecule has 0 aliphatic rings. The second-order valence-corrected chi connectivity index (χ2v) is 5.07. The summed E-state index contributed by atoms with van der Waals surface area (Å²) in [6.45, 7) is 4.25. The highest BCUT2D eigenvalue weighted by Crippen LogP contribution is 2.29. The van der Waals surface area contributed by atoms with E-state index in [1.54, 1.807) is 18.2 Å². The number of hydrogen-bond acceptors (Lipinski definition) is 4. The summed E-state index contributed by atoms with van der Waals surface area (Å²) in [5.74, 6) is 0.136. The van der Waals surface area contributed by atoms with Crippen LogP contribution in [-0.2, 0) is 0 Å².